The molecule has 2 aromatic carbocycles. The number of rotatable bonds is 7. The van der Waals surface area contributed by atoms with Crippen molar-refractivity contribution in [1.82, 2.24) is 0 Å². The standard InChI is InChI=1S/C17H14F6O4S/c18-16(19,20)9-2-10-28(24,25)27-14-7-5-12(6-8-14)13-3-1-4-15(11-13)26-17(21,22)23/h1,3-8,11H,2,9-10H2. The smallest absolute Gasteiger partial charge is 0.406 e. The lowest BCUT2D eigenvalue weighted by Gasteiger charge is -2.11. The zero-order valence-corrected chi connectivity index (χ0v) is 14.9. The number of hydrogen-bond acceptors (Lipinski definition) is 4. The third-order valence-corrected chi connectivity index (χ3v) is 4.57. The SMILES string of the molecule is O=S(=O)(CCCC(F)(F)F)Oc1ccc(-c2cccc(OC(F)(F)F)c2)cc1. The zero-order valence-electron chi connectivity index (χ0n) is 14.0. The predicted molar refractivity (Wildman–Crippen MR) is 88.3 cm³/mol. The van der Waals surface area contributed by atoms with E-state index in [0.717, 1.165) is 12.1 Å². The van der Waals surface area contributed by atoms with Gasteiger partial charge in [0, 0.05) is 6.42 Å². The molecule has 11 heteroatoms. The summed E-state index contributed by atoms with van der Waals surface area (Å²) in [6.07, 6.45) is -11.2. The quantitative estimate of drug-likeness (QED) is 0.444. The minimum absolute atomic E-state index is 0.126. The van der Waals surface area contributed by atoms with Crippen molar-refractivity contribution in [2.24, 2.45) is 0 Å². The fourth-order valence-electron chi connectivity index (χ4n) is 2.21. The van der Waals surface area contributed by atoms with Crippen molar-refractivity contribution < 1.29 is 43.7 Å². The maximum Gasteiger partial charge on any atom is 0.573 e. The second-order valence-corrected chi connectivity index (χ2v) is 7.35. The average molecular weight is 428 g/mol. The van der Waals surface area contributed by atoms with Gasteiger partial charge in [0.15, 0.2) is 0 Å². The first kappa shape index (κ1) is 21.9. The minimum Gasteiger partial charge on any atom is -0.406 e. The molecule has 0 unspecified atom stereocenters. The first-order valence-corrected chi connectivity index (χ1v) is 9.36. The highest BCUT2D eigenvalue weighted by Gasteiger charge is 2.31. The van der Waals surface area contributed by atoms with Crippen LogP contribution >= 0.6 is 0 Å². The highest BCUT2D eigenvalue weighted by molar-refractivity contribution is 7.87. The Labute approximate surface area is 156 Å². The van der Waals surface area contributed by atoms with Gasteiger partial charge in [0.25, 0.3) is 0 Å². The maximum atomic E-state index is 12.3. The Bertz CT molecular complexity index is 889. The molecule has 0 saturated carbocycles. The lowest BCUT2D eigenvalue weighted by atomic mass is 10.1. The number of hydrogen-bond donors (Lipinski definition) is 0. The Balaban J connectivity index is 2.04. The van der Waals surface area contributed by atoms with Crippen LogP contribution in [0.1, 0.15) is 12.8 Å². The molecule has 0 saturated heterocycles. The summed E-state index contributed by atoms with van der Waals surface area (Å²) >= 11 is 0. The van der Waals surface area contributed by atoms with E-state index in [1.54, 1.807) is 0 Å². The Hall–Kier alpha value is -2.43. The van der Waals surface area contributed by atoms with Crippen LogP contribution in [0.4, 0.5) is 26.3 Å². The summed E-state index contributed by atoms with van der Waals surface area (Å²) in [5.41, 5.74) is 0.829. The minimum atomic E-state index is -4.84. The van der Waals surface area contributed by atoms with Gasteiger partial charge >= 0.3 is 22.7 Å². The average Bonchev–Trinajstić information content (AvgIpc) is 2.52. The normalized spacial score (nSPS) is 12.6. The van der Waals surface area contributed by atoms with Crippen LogP contribution in [0.15, 0.2) is 48.5 Å². The van der Waals surface area contributed by atoms with Gasteiger partial charge in [0.2, 0.25) is 0 Å². The van der Waals surface area contributed by atoms with E-state index in [1.165, 1.54) is 36.4 Å². The van der Waals surface area contributed by atoms with Gasteiger partial charge in [-0.25, -0.2) is 0 Å². The van der Waals surface area contributed by atoms with Gasteiger partial charge in [-0.1, -0.05) is 24.3 Å². The molecule has 4 nitrogen and oxygen atoms in total. The van der Waals surface area contributed by atoms with Gasteiger partial charge in [0.1, 0.15) is 11.5 Å². The van der Waals surface area contributed by atoms with Crippen LogP contribution in [0.25, 0.3) is 11.1 Å². The first-order chi connectivity index (χ1) is 12.8. The summed E-state index contributed by atoms with van der Waals surface area (Å²) in [4.78, 5) is 0. The van der Waals surface area contributed by atoms with E-state index in [4.69, 9.17) is 4.18 Å². The molecule has 0 amide bonds. The third kappa shape index (κ3) is 7.67. The van der Waals surface area contributed by atoms with E-state index in [0.29, 0.717) is 11.1 Å². The molecule has 28 heavy (non-hydrogen) atoms. The van der Waals surface area contributed by atoms with Gasteiger partial charge in [-0.2, -0.15) is 21.6 Å². The number of ether oxygens (including phenoxy) is 1. The highest BCUT2D eigenvalue weighted by atomic mass is 32.2. The summed E-state index contributed by atoms with van der Waals surface area (Å²) in [5, 5.41) is 0. The molecular formula is C17H14F6O4S. The fourth-order valence-corrected chi connectivity index (χ4v) is 3.20. The Morgan fingerprint density at radius 1 is 0.821 bits per heavy atom. The maximum absolute atomic E-state index is 12.3. The first-order valence-electron chi connectivity index (χ1n) is 7.78. The second-order valence-electron chi connectivity index (χ2n) is 5.66. The summed E-state index contributed by atoms with van der Waals surface area (Å²) in [5.74, 6) is -1.35. The van der Waals surface area contributed by atoms with Crippen molar-refractivity contribution in [2.45, 2.75) is 25.4 Å². The molecule has 0 radical (unpaired) electrons. The van der Waals surface area contributed by atoms with E-state index >= 15 is 0 Å². The van der Waals surface area contributed by atoms with Crippen molar-refractivity contribution >= 4 is 10.1 Å². The monoisotopic (exact) mass is 428 g/mol. The highest BCUT2D eigenvalue weighted by Crippen LogP contribution is 2.29. The molecule has 0 aliphatic rings. The molecule has 0 spiro atoms. The summed E-state index contributed by atoms with van der Waals surface area (Å²) in [6, 6.07) is 10.4. The Kier molecular flexibility index (Phi) is 6.48. The van der Waals surface area contributed by atoms with Crippen molar-refractivity contribution in [1.29, 1.82) is 0 Å². The zero-order chi connectivity index (χ0) is 21.0. The van der Waals surface area contributed by atoms with E-state index < -0.39 is 47.0 Å². The Morgan fingerprint density at radius 3 is 2.04 bits per heavy atom. The van der Waals surface area contributed by atoms with Crippen molar-refractivity contribution in [3.63, 3.8) is 0 Å². The molecule has 0 aliphatic carbocycles. The Morgan fingerprint density at radius 2 is 1.46 bits per heavy atom. The lowest BCUT2D eigenvalue weighted by molar-refractivity contribution is -0.274. The van der Waals surface area contributed by atoms with Crippen molar-refractivity contribution in [2.75, 3.05) is 5.75 Å². The van der Waals surface area contributed by atoms with Gasteiger partial charge in [-0.05, 0) is 41.8 Å². The molecule has 2 rings (SSSR count). The molecule has 0 atom stereocenters. The van der Waals surface area contributed by atoms with E-state index in [9.17, 15) is 34.8 Å². The van der Waals surface area contributed by atoms with Crippen LogP contribution < -0.4 is 8.92 Å². The van der Waals surface area contributed by atoms with Gasteiger partial charge in [-0.15, -0.1) is 13.2 Å². The van der Waals surface area contributed by atoms with E-state index in [2.05, 4.69) is 4.74 Å². The van der Waals surface area contributed by atoms with Crippen LogP contribution in [-0.2, 0) is 10.1 Å². The molecule has 0 heterocycles. The second kappa shape index (κ2) is 8.29. The number of alkyl halides is 6. The van der Waals surface area contributed by atoms with Crippen LogP contribution in [0.5, 0.6) is 11.5 Å². The molecule has 0 bridgehead atoms. The molecule has 154 valence electrons. The molecule has 0 fully saturated rings. The lowest BCUT2D eigenvalue weighted by Crippen LogP contribution is -2.17. The summed E-state index contributed by atoms with van der Waals surface area (Å²) in [7, 11) is -4.21. The van der Waals surface area contributed by atoms with Gasteiger partial charge < -0.3 is 8.92 Å². The fraction of sp³-hybridized carbons (Fsp3) is 0.294. The number of halogens is 6. The molecule has 0 N–H and O–H groups in total. The van der Waals surface area contributed by atoms with E-state index in [-0.39, 0.29) is 5.75 Å². The third-order valence-electron chi connectivity index (χ3n) is 3.33. The van der Waals surface area contributed by atoms with Crippen molar-refractivity contribution in [3.8, 4) is 22.6 Å². The van der Waals surface area contributed by atoms with Gasteiger partial charge in [0.05, 0.1) is 5.75 Å². The van der Waals surface area contributed by atoms with Crippen molar-refractivity contribution in [3.05, 3.63) is 48.5 Å². The summed E-state index contributed by atoms with van der Waals surface area (Å²) in [6.45, 7) is 0. The predicted octanol–water partition coefficient (Wildman–Crippen LogP) is 5.30. The van der Waals surface area contributed by atoms with Gasteiger partial charge in [-0.3, -0.25) is 0 Å². The van der Waals surface area contributed by atoms with Crippen LogP contribution in [-0.4, -0.2) is 26.7 Å². The number of benzene rings is 2. The topological polar surface area (TPSA) is 52.6 Å². The van der Waals surface area contributed by atoms with Crippen LogP contribution in [0.2, 0.25) is 0 Å². The summed E-state index contributed by atoms with van der Waals surface area (Å²) < 4.78 is 105. The molecule has 0 aliphatic heterocycles. The van der Waals surface area contributed by atoms with E-state index in [1.807, 2.05) is 0 Å². The van der Waals surface area contributed by atoms with Crippen LogP contribution in [0.3, 0.4) is 0 Å². The molecule has 2 aromatic rings. The largest absolute Gasteiger partial charge is 0.573 e. The van der Waals surface area contributed by atoms with Crippen LogP contribution in [0, 0.1) is 0 Å². The molecular weight excluding hydrogens is 414 g/mol. The molecule has 0 aromatic heterocycles.